The van der Waals surface area contributed by atoms with E-state index in [1.165, 1.54) is 0 Å². The summed E-state index contributed by atoms with van der Waals surface area (Å²) in [6, 6.07) is 16.7. The molecule has 0 bridgehead atoms. The van der Waals surface area contributed by atoms with Crippen LogP contribution in [-0.2, 0) is 4.79 Å². The number of aryl methyl sites for hydroxylation is 1. The predicted molar refractivity (Wildman–Crippen MR) is 95.1 cm³/mol. The number of carbonyl (C=O) groups is 2. The zero-order valence-electron chi connectivity index (χ0n) is 14.3. The van der Waals surface area contributed by atoms with Gasteiger partial charge in [0, 0.05) is 18.7 Å². The van der Waals surface area contributed by atoms with E-state index < -0.39 is 0 Å². The minimum Gasteiger partial charge on any atom is -0.395 e. The summed E-state index contributed by atoms with van der Waals surface area (Å²) in [4.78, 5) is 28.6. The van der Waals surface area contributed by atoms with E-state index in [0.29, 0.717) is 12.1 Å². The van der Waals surface area contributed by atoms with Crippen LogP contribution in [0, 0.1) is 6.92 Å². The number of β-amino-alcohol motifs (C(OH)–C–C–N with tert-alkyl or cyclic N) is 1. The van der Waals surface area contributed by atoms with Crippen molar-refractivity contribution in [3.8, 4) is 0 Å². The van der Waals surface area contributed by atoms with Crippen LogP contribution in [0.2, 0.25) is 0 Å². The lowest BCUT2D eigenvalue weighted by Crippen LogP contribution is -2.54. The summed E-state index contributed by atoms with van der Waals surface area (Å²) >= 11 is 0. The molecule has 0 aliphatic carbocycles. The monoisotopic (exact) mass is 338 g/mol. The van der Waals surface area contributed by atoms with Crippen LogP contribution in [0.15, 0.2) is 54.6 Å². The second-order valence-electron chi connectivity index (χ2n) is 6.29. The SMILES string of the molecule is Cc1ccc(C2CN(C(=O)c3ccccc3)CC(=O)N2CCO)cc1. The summed E-state index contributed by atoms with van der Waals surface area (Å²) in [5.41, 5.74) is 2.68. The Balaban J connectivity index is 1.88. The molecule has 1 heterocycles. The maximum absolute atomic E-state index is 12.7. The maximum Gasteiger partial charge on any atom is 0.254 e. The molecule has 0 aromatic heterocycles. The molecule has 1 atom stereocenters. The van der Waals surface area contributed by atoms with Crippen LogP contribution >= 0.6 is 0 Å². The number of aliphatic hydroxyl groups is 1. The molecular weight excluding hydrogens is 316 g/mol. The van der Waals surface area contributed by atoms with Gasteiger partial charge in [0.2, 0.25) is 5.91 Å². The van der Waals surface area contributed by atoms with E-state index in [0.717, 1.165) is 11.1 Å². The third kappa shape index (κ3) is 3.72. The molecule has 1 unspecified atom stereocenters. The molecular formula is C20H22N2O3. The number of carbonyl (C=O) groups excluding carboxylic acids is 2. The molecule has 25 heavy (non-hydrogen) atoms. The molecule has 0 radical (unpaired) electrons. The number of aliphatic hydroxyl groups excluding tert-OH is 1. The van der Waals surface area contributed by atoms with Crippen LogP contribution < -0.4 is 0 Å². The number of hydrogen-bond acceptors (Lipinski definition) is 3. The molecule has 1 saturated heterocycles. The van der Waals surface area contributed by atoms with Gasteiger partial charge in [-0.1, -0.05) is 48.0 Å². The Morgan fingerprint density at radius 1 is 1.12 bits per heavy atom. The quantitative estimate of drug-likeness (QED) is 0.928. The highest BCUT2D eigenvalue weighted by Crippen LogP contribution is 2.27. The van der Waals surface area contributed by atoms with Crippen molar-refractivity contribution in [1.82, 2.24) is 9.80 Å². The van der Waals surface area contributed by atoms with Gasteiger partial charge in [0.25, 0.3) is 5.91 Å². The highest BCUT2D eigenvalue weighted by atomic mass is 16.3. The fraction of sp³-hybridized carbons (Fsp3) is 0.300. The fourth-order valence-electron chi connectivity index (χ4n) is 3.18. The van der Waals surface area contributed by atoms with E-state index in [2.05, 4.69) is 0 Å². The largest absolute Gasteiger partial charge is 0.395 e. The van der Waals surface area contributed by atoms with Crippen molar-refractivity contribution in [3.05, 3.63) is 71.3 Å². The first-order valence-electron chi connectivity index (χ1n) is 8.41. The third-order valence-corrected chi connectivity index (χ3v) is 4.53. The number of rotatable bonds is 4. The first-order chi connectivity index (χ1) is 12.1. The van der Waals surface area contributed by atoms with Gasteiger partial charge in [-0.2, -0.15) is 0 Å². The average Bonchev–Trinajstić information content (AvgIpc) is 2.64. The Kier molecular flexibility index (Phi) is 5.14. The van der Waals surface area contributed by atoms with Gasteiger partial charge in [-0.05, 0) is 24.6 Å². The van der Waals surface area contributed by atoms with Gasteiger partial charge in [0.1, 0.15) is 6.54 Å². The summed E-state index contributed by atoms with van der Waals surface area (Å²) < 4.78 is 0. The highest BCUT2D eigenvalue weighted by molar-refractivity contribution is 5.97. The lowest BCUT2D eigenvalue weighted by molar-refractivity contribution is -0.139. The Hall–Kier alpha value is -2.66. The Morgan fingerprint density at radius 3 is 2.44 bits per heavy atom. The number of piperazine rings is 1. The molecule has 0 spiro atoms. The second kappa shape index (κ2) is 7.49. The highest BCUT2D eigenvalue weighted by Gasteiger charge is 2.35. The fourth-order valence-corrected chi connectivity index (χ4v) is 3.18. The van der Waals surface area contributed by atoms with E-state index >= 15 is 0 Å². The van der Waals surface area contributed by atoms with Crippen LogP contribution in [-0.4, -0.2) is 53.0 Å². The Morgan fingerprint density at radius 2 is 1.80 bits per heavy atom. The minimum atomic E-state index is -0.248. The normalized spacial score (nSPS) is 17.7. The molecule has 2 amide bonds. The van der Waals surface area contributed by atoms with Crippen molar-refractivity contribution < 1.29 is 14.7 Å². The van der Waals surface area contributed by atoms with Gasteiger partial charge in [-0.25, -0.2) is 0 Å². The number of amides is 2. The summed E-state index contributed by atoms with van der Waals surface area (Å²) in [6.45, 7) is 2.64. The molecule has 5 nitrogen and oxygen atoms in total. The molecule has 3 rings (SSSR count). The van der Waals surface area contributed by atoms with E-state index in [1.54, 1.807) is 21.9 Å². The molecule has 1 fully saturated rings. The van der Waals surface area contributed by atoms with Gasteiger partial charge in [0.05, 0.1) is 12.6 Å². The van der Waals surface area contributed by atoms with Crippen molar-refractivity contribution in [2.24, 2.45) is 0 Å². The third-order valence-electron chi connectivity index (χ3n) is 4.53. The molecule has 1 aliphatic rings. The molecule has 5 heteroatoms. The lowest BCUT2D eigenvalue weighted by Gasteiger charge is -2.41. The zero-order valence-corrected chi connectivity index (χ0v) is 14.3. The molecule has 130 valence electrons. The Bertz CT molecular complexity index is 743. The Labute approximate surface area is 147 Å². The van der Waals surface area contributed by atoms with Gasteiger partial charge >= 0.3 is 0 Å². The number of benzene rings is 2. The summed E-state index contributed by atoms with van der Waals surface area (Å²) in [6.07, 6.45) is 0. The zero-order chi connectivity index (χ0) is 17.8. The van der Waals surface area contributed by atoms with Crippen molar-refractivity contribution >= 4 is 11.8 Å². The van der Waals surface area contributed by atoms with Gasteiger partial charge in [0.15, 0.2) is 0 Å². The lowest BCUT2D eigenvalue weighted by atomic mass is 10.00. The van der Waals surface area contributed by atoms with Crippen LogP contribution in [0.4, 0.5) is 0 Å². The molecule has 2 aromatic carbocycles. The van der Waals surface area contributed by atoms with E-state index in [-0.39, 0.29) is 37.6 Å². The topological polar surface area (TPSA) is 60.9 Å². The van der Waals surface area contributed by atoms with Crippen LogP contribution in [0.5, 0.6) is 0 Å². The van der Waals surface area contributed by atoms with Gasteiger partial charge in [-0.15, -0.1) is 0 Å². The predicted octanol–water partition coefficient (Wildman–Crippen LogP) is 2.01. The van der Waals surface area contributed by atoms with Crippen molar-refractivity contribution in [2.75, 3.05) is 26.2 Å². The van der Waals surface area contributed by atoms with Crippen molar-refractivity contribution in [3.63, 3.8) is 0 Å². The van der Waals surface area contributed by atoms with Gasteiger partial charge < -0.3 is 14.9 Å². The van der Waals surface area contributed by atoms with Crippen LogP contribution in [0.25, 0.3) is 0 Å². The summed E-state index contributed by atoms with van der Waals surface area (Å²) in [7, 11) is 0. The number of nitrogens with zero attached hydrogens (tertiary/aromatic N) is 2. The standard InChI is InChI=1S/C20H22N2O3/c1-15-7-9-16(10-8-15)18-13-21(14-19(24)22(18)11-12-23)20(25)17-5-3-2-4-6-17/h2-10,18,23H,11-14H2,1H3. The van der Waals surface area contributed by atoms with Gasteiger partial charge in [-0.3, -0.25) is 9.59 Å². The van der Waals surface area contributed by atoms with E-state index in [1.807, 2.05) is 49.4 Å². The maximum atomic E-state index is 12.7. The molecule has 0 saturated carbocycles. The first kappa shape index (κ1) is 17.2. The molecule has 2 aromatic rings. The first-order valence-corrected chi connectivity index (χ1v) is 8.41. The molecule has 1 N–H and O–H groups in total. The van der Waals surface area contributed by atoms with E-state index in [4.69, 9.17) is 0 Å². The van der Waals surface area contributed by atoms with E-state index in [9.17, 15) is 14.7 Å². The van der Waals surface area contributed by atoms with Crippen molar-refractivity contribution in [1.29, 1.82) is 0 Å². The minimum absolute atomic E-state index is 0.0378. The van der Waals surface area contributed by atoms with Crippen LogP contribution in [0.3, 0.4) is 0 Å². The number of hydrogen-bond donors (Lipinski definition) is 1. The second-order valence-corrected chi connectivity index (χ2v) is 6.29. The molecule has 1 aliphatic heterocycles. The smallest absolute Gasteiger partial charge is 0.254 e. The van der Waals surface area contributed by atoms with Crippen LogP contribution in [0.1, 0.15) is 27.5 Å². The summed E-state index contributed by atoms with van der Waals surface area (Å²) in [5.74, 6) is -0.287. The average molecular weight is 338 g/mol. The summed E-state index contributed by atoms with van der Waals surface area (Å²) in [5, 5.41) is 9.32. The van der Waals surface area contributed by atoms with Crippen molar-refractivity contribution in [2.45, 2.75) is 13.0 Å².